The highest BCUT2D eigenvalue weighted by atomic mass is 19.1. The van der Waals surface area contributed by atoms with Crippen molar-refractivity contribution in [2.45, 2.75) is 6.92 Å². The summed E-state index contributed by atoms with van der Waals surface area (Å²) in [5.74, 6) is -1.21. The maximum Gasteiger partial charge on any atom is 0.337 e. The number of rotatable bonds is 4. The van der Waals surface area contributed by atoms with Crippen molar-refractivity contribution in [3.8, 4) is 5.75 Å². The van der Waals surface area contributed by atoms with Gasteiger partial charge in [-0.05, 0) is 42.8 Å². The lowest BCUT2D eigenvalue weighted by Gasteiger charge is -2.13. The Morgan fingerprint density at radius 3 is 2.60 bits per heavy atom. The molecular weight excluding hydrogens is 261 g/mol. The Kier molecular flexibility index (Phi) is 3.89. The average Bonchev–Trinajstić information content (AvgIpc) is 2.41. The molecule has 4 nitrogen and oxygen atoms in total. The molecule has 5 heteroatoms. The second-order valence-corrected chi connectivity index (χ2v) is 4.32. The smallest absolute Gasteiger partial charge is 0.337 e. The Morgan fingerprint density at radius 1 is 1.20 bits per heavy atom. The molecule has 2 N–H and O–H groups in total. The minimum Gasteiger partial charge on any atom is -0.495 e. The van der Waals surface area contributed by atoms with E-state index in [1.165, 1.54) is 19.2 Å². The molecule has 0 aliphatic heterocycles. The number of benzene rings is 2. The molecule has 0 radical (unpaired) electrons. The number of halogens is 1. The van der Waals surface area contributed by atoms with Gasteiger partial charge in [-0.1, -0.05) is 6.07 Å². The molecule has 0 saturated carbocycles. The van der Waals surface area contributed by atoms with Crippen LogP contribution in [-0.2, 0) is 0 Å². The lowest BCUT2D eigenvalue weighted by Crippen LogP contribution is -2.04. The molecule has 20 heavy (non-hydrogen) atoms. The van der Waals surface area contributed by atoms with Crippen LogP contribution < -0.4 is 10.1 Å². The van der Waals surface area contributed by atoms with E-state index in [9.17, 15) is 9.18 Å². The van der Waals surface area contributed by atoms with Crippen LogP contribution in [0.1, 0.15) is 15.9 Å². The fourth-order valence-electron chi connectivity index (χ4n) is 1.87. The van der Waals surface area contributed by atoms with Crippen LogP contribution in [0.25, 0.3) is 0 Å². The number of carboxylic acids is 1. The van der Waals surface area contributed by atoms with Gasteiger partial charge in [-0.15, -0.1) is 0 Å². The molecule has 104 valence electrons. The molecule has 0 atom stereocenters. The number of anilines is 2. The summed E-state index contributed by atoms with van der Waals surface area (Å²) in [5, 5.41) is 12.1. The van der Waals surface area contributed by atoms with Gasteiger partial charge in [-0.3, -0.25) is 0 Å². The molecular formula is C15H14FNO3. The van der Waals surface area contributed by atoms with Crippen molar-refractivity contribution in [3.63, 3.8) is 0 Å². The molecule has 0 amide bonds. The van der Waals surface area contributed by atoms with Crippen LogP contribution >= 0.6 is 0 Å². The zero-order valence-corrected chi connectivity index (χ0v) is 11.1. The van der Waals surface area contributed by atoms with Crippen molar-refractivity contribution < 1.29 is 19.0 Å². The summed E-state index contributed by atoms with van der Waals surface area (Å²) in [7, 11) is 1.53. The van der Waals surface area contributed by atoms with E-state index in [0.29, 0.717) is 17.1 Å². The van der Waals surface area contributed by atoms with Gasteiger partial charge >= 0.3 is 5.97 Å². The maximum atomic E-state index is 13.1. The van der Waals surface area contributed by atoms with Crippen LogP contribution in [0.5, 0.6) is 5.75 Å². The highest BCUT2D eigenvalue weighted by molar-refractivity contribution is 5.95. The number of aromatic carboxylic acids is 1. The normalized spacial score (nSPS) is 10.2. The first kappa shape index (κ1) is 13.9. The van der Waals surface area contributed by atoms with Gasteiger partial charge in [0, 0.05) is 0 Å². The van der Waals surface area contributed by atoms with Gasteiger partial charge in [-0.2, -0.15) is 0 Å². The van der Waals surface area contributed by atoms with E-state index in [4.69, 9.17) is 9.84 Å². The number of hydrogen-bond donors (Lipinski definition) is 2. The van der Waals surface area contributed by atoms with E-state index >= 15 is 0 Å². The summed E-state index contributed by atoms with van der Waals surface area (Å²) in [6.45, 7) is 1.91. The number of aryl methyl sites for hydroxylation is 1. The third-order valence-corrected chi connectivity index (χ3v) is 2.84. The minimum atomic E-state index is -1.20. The molecule has 2 rings (SSSR count). The standard InChI is InChI=1S/C15H14FNO3/c1-9-3-6-14(20-2)13(7-9)17-12-5-4-10(16)8-11(12)15(18)19/h3-8,17H,1-2H3,(H,18,19). The topological polar surface area (TPSA) is 58.6 Å². The van der Waals surface area contributed by atoms with E-state index < -0.39 is 11.8 Å². The number of carbonyl (C=O) groups is 1. The second-order valence-electron chi connectivity index (χ2n) is 4.32. The lowest BCUT2D eigenvalue weighted by atomic mass is 10.1. The average molecular weight is 275 g/mol. The van der Waals surface area contributed by atoms with Crippen LogP contribution in [0.15, 0.2) is 36.4 Å². The van der Waals surface area contributed by atoms with Crippen molar-refractivity contribution in [1.29, 1.82) is 0 Å². The van der Waals surface area contributed by atoms with Crippen molar-refractivity contribution in [2.24, 2.45) is 0 Å². The van der Waals surface area contributed by atoms with Crippen LogP contribution in [-0.4, -0.2) is 18.2 Å². The zero-order chi connectivity index (χ0) is 14.7. The van der Waals surface area contributed by atoms with Gasteiger partial charge in [0.25, 0.3) is 0 Å². The second kappa shape index (κ2) is 5.61. The Morgan fingerprint density at radius 2 is 1.95 bits per heavy atom. The molecule has 0 fully saturated rings. The predicted octanol–water partition coefficient (Wildman–Crippen LogP) is 3.58. The maximum absolute atomic E-state index is 13.1. The molecule has 0 aromatic heterocycles. The van der Waals surface area contributed by atoms with Gasteiger partial charge in [-0.25, -0.2) is 9.18 Å². The van der Waals surface area contributed by atoms with E-state index in [1.807, 2.05) is 19.1 Å². The Balaban J connectivity index is 2.44. The molecule has 0 saturated heterocycles. The van der Waals surface area contributed by atoms with E-state index in [0.717, 1.165) is 11.6 Å². The van der Waals surface area contributed by atoms with Crippen LogP contribution in [0.3, 0.4) is 0 Å². The fraction of sp³-hybridized carbons (Fsp3) is 0.133. The first-order valence-electron chi connectivity index (χ1n) is 5.96. The van der Waals surface area contributed by atoms with Crippen molar-refractivity contribution in [2.75, 3.05) is 12.4 Å². The largest absolute Gasteiger partial charge is 0.495 e. The van der Waals surface area contributed by atoms with Crippen molar-refractivity contribution in [3.05, 3.63) is 53.3 Å². The Labute approximate surface area is 115 Å². The van der Waals surface area contributed by atoms with Gasteiger partial charge < -0.3 is 15.2 Å². The number of hydrogen-bond acceptors (Lipinski definition) is 3. The summed E-state index contributed by atoms with van der Waals surface area (Å²) >= 11 is 0. The van der Waals surface area contributed by atoms with Crippen LogP contribution in [0.2, 0.25) is 0 Å². The Bertz CT molecular complexity index is 656. The highest BCUT2D eigenvalue weighted by Gasteiger charge is 2.13. The van der Waals surface area contributed by atoms with E-state index in [2.05, 4.69) is 5.32 Å². The van der Waals surface area contributed by atoms with Gasteiger partial charge in [0.15, 0.2) is 0 Å². The number of carboxylic acid groups (broad SMARTS) is 1. The van der Waals surface area contributed by atoms with Crippen molar-refractivity contribution in [1.82, 2.24) is 0 Å². The lowest BCUT2D eigenvalue weighted by molar-refractivity contribution is 0.0697. The molecule has 0 aliphatic carbocycles. The molecule has 0 aliphatic rings. The predicted molar refractivity (Wildman–Crippen MR) is 74.4 cm³/mol. The van der Waals surface area contributed by atoms with Gasteiger partial charge in [0.1, 0.15) is 11.6 Å². The van der Waals surface area contributed by atoms with Gasteiger partial charge in [0.05, 0.1) is 24.0 Å². The number of nitrogens with one attached hydrogen (secondary N) is 1. The first-order chi connectivity index (χ1) is 9.51. The molecule has 2 aromatic carbocycles. The first-order valence-corrected chi connectivity index (χ1v) is 5.96. The number of methoxy groups -OCH3 is 1. The van der Waals surface area contributed by atoms with E-state index in [-0.39, 0.29) is 5.56 Å². The summed E-state index contributed by atoms with van der Waals surface area (Å²) in [6.07, 6.45) is 0. The monoisotopic (exact) mass is 275 g/mol. The van der Waals surface area contributed by atoms with Gasteiger partial charge in [0.2, 0.25) is 0 Å². The molecule has 0 unspecified atom stereocenters. The minimum absolute atomic E-state index is 0.131. The van der Waals surface area contributed by atoms with E-state index in [1.54, 1.807) is 6.07 Å². The number of ether oxygens (including phenoxy) is 1. The quantitative estimate of drug-likeness (QED) is 0.895. The molecule has 2 aromatic rings. The third kappa shape index (κ3) is 2.88. The van der Waals surface area contributed by atoms with Crippen molar-refractivity contribution >= 4 is 17.3 Å². The summed E-state index contributed by atoms with van der Waals surface area (Å²) in [5.41, 5.74) is 1.80. The third-order valence-electron chi connectivity index (χ3n) is 2.84. The Hall–Kier alpha value is -2.56. The summed E-state index contributed by atoms with van der Waals surface area (Å²) in [6, 6.07) is 9.06. The zero-order valence-electron chi connectivity index (χ0n) is 11.1. The van der Waals surface area contributed by atoms with Crippen LogP contribution in [0, 0.1) is 12.7 Å². The molecule has 0 spiro atoms. The summed E-state index contributed by atoms with van der Waals surface area (Å²) < 4.78 is 18.4. The SMILES string of the molecule is COc1ccc(C)cc1Nc1ccc(F)cc1C(=O)O. The summed E-state index contributed by atoms with van der Waals surface area (Å²) in [4.78, 5) is 11.1. The molecule has 0 heterocycles. The molecule has 0 bridgehead atoms. The highest BCUT2D eigenvalue weighted by Crippen LogP contribution is 2.30. The van der Waals surface area contributed by atoms with Crippen LogP contribution in [0.4, 0.5) is 15.8 Å². The fourth-order valence-corrected chi connectivity index (χ4v) is 1.87.